The van der Waals surface area contributed by atoms with Crippen LogP contribution in [0.4, 0.5) is 5.69 Å². The van der Waals surface area contributed by atoms with Crippen LogP contribution in [0.5, 0.6) is 0 Å². The van der Waals surface area contributed by atoms with Crippen molar-refractivity contribution < 1.29 is 9.90 Å². The van der Waals surface area contributed by atoms with Crippen molar-refractivity contribution in [2.75, 3.05) is 11.4 Å². The molecular weight excluding hydrogens is 260 g/mol. The molecule has 4 nitrogen and oxygen atoms in total. The van der Waals surface area contributed by atoms with E-state index in [0.29, 0.717) is 6.54 Å². The molecule has 0 aliphatic carbocycles. The Balaban J connectivity index is 1.89. The van der Waals surface area contributed by atoms with Crippen LogP contribution in [0.25, 0.3) is 0 Å². The van der Waals surface area contributed by atoms with E-state index in [0.717, 1.165) is 24.3 Å². The van der Waals surface area contributed by atoms with E-state index >= 15 is 0 Å². The molecule has 3 rings (SSSR count). The second-order valence-electron chi connectivity index (χ2n) is 4.58. The molecule has 0 bridgehead atoms. The molecule has 0 atom stereocenters. The van der Waals surface area contributed by atoms with Crippen molar-refractivity contribution in [2.45, 2.75) is 19.4 Å². The average molecular weight is 274 g/mol. The van der Waals surface area contributed by atoms with Crippen molar-refractivity contribution in [3.8, 4) is 0 Å². The summed E-state index contributed by atoms with van der Waals surface area (Å²) in [6.07, 6.45) is 2.21. The van der Waals surface area contributed by atoms with Gasteiger partial charge in [-0.2, -0.15) is 0 Å². The summed E-state index contributed by atoms with van der Waals surface area (Å²) in [5.74, 6) is -0.943. The zero-order valence-corrected chi connectivity index (χ0v) is 11.2. The highest BCUT2D eigenvalue weighted by molar-refractivity contribution is 7.09. The van der Waals surface area contributed by atoms with Crippen LogP contribution in [0.2, 0.25) is 0 Å². The summed E-state index contributed by atoms with van der Waals surface area (Å²) in [5.41, 5.74) is 4.36. The van der Waals surface area contributed by atoms with E-state index in [9.17, 15) is 4.79 Å². The van der Waals surface area contributed by atoms with Crippen LogP contribution < -0.4 is 4.90 Å². The Morgan fingerprint density at radius 1 is 1.42 bits per heavy atom. The minimum atomic E-state index is -0.943. The second kappa shape index (κ2) is 5.01. The summed E-state index contributed by atoms with van der Waals surface area (Å²) < 4.78 is 0. The van der Waals surface area contributed by atoms with Gasteiger partial charge in [0.15, 0.2) is 5.69 Å². The number of carboxylic acid groups (broad SMARTS) is 1. The Bertz CT molecular complexity index is 609. The molecule has 0 amide bonds. The zero-order valence-electron chi connectivity index (χ0n) is 10.4. The van der Waals surface area contributed by atoms with Gasteiger partial charge in [-0.15, -0.1) is 11.3 Å². The first-order chi connectivity index (χ1) is 9.25. The predicted molar refractivity (Wildman–Crippen MR) is 74.9 cm³/mol. The number of fused-ring (bicyclic) bond motifs is 1. The highest BCUT2D eigenvalue weighted by atomic mass is 32.1. The zero-order chi connectivity index (χ0) is 13.2. The number of rotatable bonds is 3. The van der Waals surface area contributed by atoms with E-state index in [1.54, 1.807) is 5.51 Å². The maximum absolute atomic E-state index is 11.1. The van der Waals surface area contributed by atoms with Gasteiger partial charge in [-0.25, -0.2) is 9.78 Å². The van der Waals surface area contributed by atoms with E-state index in [-0.39, 0.29) is 5.69 Å². The Hall–Kier alpha value is -1.88. The van der Waals surface area contributed by atoms with Crippen molar-refractivity contribution in [1.82, 2.24) is 4.98 Å². The highest BCUT2D eigenvalue weighted by Gasteiger charge is 2.20. The molecule has 19 heavy (non-hydrogen) atoms. The topological polar surface area (TPSA) is 53.4 Å². The largest absolute Gasteiger partial charge is 0.476 e. The molecule has 1 aliphatic heterocycles. The van der Waals surface area contributed by atoms with Crippen molar-refractivity contribution in [3.63, 3.8) is 0 Å². The lowest BCUT2D eigenvalue weighted by Gasteiger charge is -2.30. The molecule has 1 N–H and O–H groups in total. The van der Waals surface area contributed by atoms with E-state index in [1.165, 1.54) is 22.6 Å². The van der Waals surface area contributed by atoms with Crippen molar-refractivity contribution in [1.29, 1.82) is 0 Å². The molecule has 0 unspecified atom stereocenters. The molecule has 0 saturated carbocycles. The molecular formula is C14H14N2O2S. The maximum Gasteiger partial charge on any atom is 0.355 e. The number of aromatic carboxylic acids is 1. The van der Waals surface area contributed by atoms with Crippen molar-refractivity contribution in [2.24, 2.45) is 0 Å². The van der Waals surface area contributed by atoms with Crippen molar-refractivity contribution in [3.05, 3.63) is 45.9 Å². The smallest absolute Gasteiger partial charge is 0.355 e. The average Bonchev–Trinajstić information content (AvgIpc) is 2.87. The Kier molecular flexibility index (Phi) is 3.21. The number of thiazole rings is 1. The maximum atomic E-state index is 11.1. The van der Waals surface area contributed by atoms with Gasteiger partial charge in [0.1, 0.15) is 0 Å². The van der Waals surface area contributed by atoms with Gasteiger partial charge >= 0.3 is 5.97 Å². The third-order valence-corrected chi connectivity index (χ3v) is 4.20. The van der Waals surface area contributed by atoms with Crippen LogP contribution in [0.3, 0.4) is 0 Å². The first-order valence-electron chi connectivity index (χ1n) is 6.24. The van der Waals surface area contributed by atoms with Gasteiger partial charge in [0.2, 0.25) is 0 Å². The fourth-order valence-corrected chi connectivity index (χ4v) is 3.27. The number of aryl methyl sites for hydroxylation is 1. The summed E-state index contributed by atoms with van der Waals surface area (Å²) in [7, 11) is 0. The molecule has 0 radical (unpaired) electrons. The lowest BCUT2D eigenvalue weighted by Crippen LogP contribution is -2.29. The van der Waals surface area contributed by atoms with Gasteiger partial charge in [0.05, 0.1) is 16.9 Å². The normalized spacial score (nSPS) is 14.2. The number of benzene rings is 1. The number of carboxylic acids is 1. The van der Waals surface area contributed by atoms with Crippen LogP contribution in [0, 0.1) is 0 Å². The summed E-state index contributed by atoms with van der Waals surface area (Å²) in [6, 6.07) is 8.34. The molecule has 0 saturated heterocycles. The van der Waals surface area contributed by atoms with Gasteiger partial charge in [0, 0.05) is 12.2 Å². The molecule has 0 fully saturated rings. The minimum Gasteiger partial charge on any atom is -0.476 e. The van der Waals surface area contributed by atoms with Gasteiger partial charge in [-0.05, 0) is 24.5 Å². The highest BCUT2D eigenvalue weighted by Crippen LogP contribution is 2.29. The molecule has 2 heterocycles. The first-order valence-corrected chi connectivity index (χ1v) is 7.12. The molecule has 98 valence electrons. The summed E-state index contributed by atoms with van der Waals surface area (Å²) in [5, 5.41) is 9.10. The van der Waals surface area contributed by atoms with E-state index in [2.05, 4.69) is 28.1 Å². The molecule has 1 aliphatic rings. The fourth-order valence-electron chi connectivity index (χ4n) is 2.51. The molecule has 5 heteroatoms. The lowest BCUT2D eigenvalue weighted by atomic mass is 10.0. The number of para-hydroxylation sites is 1. The van der Waals surface area contributed by atoms with Gasteiger partial charge in [-0.1, -0.05) is 18.2 Å². The SMILES string of the molecule is O=C(O)c1ncsc1CN1CCCc2ccccc21. The number of anilines is 1. The van der Waals surface area contributed by atoms with Crippen LogP contribution >= 0.6 is 11.3 Å². The van der Waals surface area contributed by atoms with Crippen molar-refractivity contribution >= 4 is 23.0 Å². The van der Waals surface area contributed by atoms with E-state index in [4.69, 9.17) is 5.11 Å². The fraction of sp³-hybridized carbons (Fsp3) is 0.286. The molecule has 2 aromatic rings. The van der Waals surface area contributed by atoms with Gasteiger partial charge < -0.3 is 10.0 Å². The van der Waals surface area contributed by atoms with E-state index in [1.807, 2.05) is 6.07 Å². The first kappa shape index (κ1) is 12.2. The number of carbonyl (C=O) groups is 1. The third-order valence-electron chi connectivity index (χ3n) is 3.38. The van der Waals surface area contributed by atoms with Gasteiger partial charge in [0.25, 0.3) is 0 Å². The van der Waals surface area contributed by atoms with Gasteiger partial charge in [-0.3, -0.25) is 0 Å². The Labute approximate surface area is 115 Å². The van der Waals surface area contributed by atoms with Crippen LogP contribution in [-0.4, -0.2) is 22.6 Å². The third kappa shape index (κ3) is 2.33. The standard InChI is InChI=1S/C14H14N2O2S/c17-14(18)13-12(19-9-15-13)8-16-7-3-5-10-4-1-2-6-11(10)16/h1-2,4,6,9H,3,5,7-8H2,(H,17,18). The van der Waals surface area contributed by atoms with E-state index < -0.39 is 5.97 Å². The minimum absolute atomic E-state index is 0.188. The molecule has 0 spiro atoms. The quantitative estimate of drug-likeness (QED) is 0.935. The number of hydrogen-bond acceptors (Lipinski definition) is 4. The Morgan fingerprint density at radius 2 is 2.26 bits per heavy atom. The second-order valence-corrected chi connectivity index (χ2v) is 5.52. The van der Waals surface area contributed by atoms with Crippen LogP contribution in [-0.2, 0) is 13.0 Å². The Morgan fingerprint density at radius 3 is 3.11 bits per heavy atom. The monoisotopic (exact) mass is 274 g/mol. The number of hydrogen-bond donors (Lipinski definition) is 1. The molecule has 1 aromatic carbocycles. The summed E-state index contributed by atoms with van der Waals surface area (Å²) in [4.78, 5) is 18.1. The lowest BCUT2D eigenvalue weighted by molar-refractivity contribution is 0.0690. The summed E-state index contributed by atoms with van der Waals surface area (Å²) >= 11 is 1.41. The molecule has 1 aromatic heterocycles. The predicted octanol–water partition coefficient (Wildman–Crippen LogP) is 2.79. The summed E-state index contributed by atoms with van der Waals surface area (Å²) in [6.45, 7) is 1.59. The van der Waals surface area contributed by atoms with Crippen LogP contribution in [0.1, 0.15) is 27.3 Å². The van der Waals surface area contributed by atoms with Crippen LogP contribution in [0.15, 0.2) is 29.8 Å². The number of aromatic nitrogens is 1. The number of nitrogens with zero attached hydrogens (tertiary/aromatic N) is 2.